The summed E-state index contributed by atoms with van der Waals surface area (Å²) in [5.41, 5.74) is 3.21. The molecule has 8 heteroatoms. The molecule has 31 heavy (non-hydrogen) atoms. The van der Waals surface area contributed by atoms with Gasteiger partial charge in [0.15, 0.2) is 0 Å². The molecule has 1 unspecified atom stereocenters. The largest absolute Gasteiger partial charge is 0.497 e. The van der Waals surface area contributed by atoms with Gasteiger partial charge in [-0.05, 0) is 36.2 Å². The summed E-state index contributed by atoms with van der Waals surface area (Å²) in [6.07, 6.45) is 0.654. The van der Waals surface area contributed by atoms with Crippen molar-refractivity contribution in [2.75, 3.05) is 24.9 Å². The molecule has 2 amide bonds. The number of anilines is 2. The Morgan fingerprint density at radius 2 is 1.87 bits per heavy atom. The van der Waals surface area contributed by atoms with Crippen molar-refractivity contribution in [1.29, 1.82) is 0 Å². The van der Waals surface area contributed by atoms with Gasteiger partial charge in [-0.15, -0.1) is 0 Å². The van der Waals surface area contributed by atoms with Gasteiger partial charge in [-0.1, -0.05) is 31.2 Å². The molecular weight excluding hydrogens is 396 g/mol. The molecule has 0 bridgehead atoms. The third kappa shape index (κ3) is 3.84. The van der Waals surface area contributed by atoms with Crippen LogP contribution in [0.3, 0.4) is 0 Å². The second kappa shape index (κ2) is 8.51. The fraction of sp³-hybridized carbons (Fsp3) is 0.261. The number of nitrogens with one attached hydrogen (secondary N) is 2. The van der Waals surface area contributed by atoms with Crippen molar-refractivity contribution in [3.8, 4) is 22.6 Å². The van der Waals surface area contributed by atoms with Crippen LogP contribution in [0, 0.1) is 0 Å². The number of benzene rings is 2. The number of hydrogen-bond acceptors (Lipinski definition) is 5. The Balaban J connectivity index is 1.60. The van der Waals surface area contributed by atoms with Gasteiger partial charge >= 0.3 is 0 Å². The van der Waals surface area contributed by atoms with Crippen molar-refractivity contribution >= 4 is 23.3 Å². The lowest BCUT2D eigenvalue weighted by molar-refractivity contribution is -0.123. The Kier molecular flexibility index (Phi) is 5.62. The Labute approximate surface area is 180 Å². The number of rotatable bonds is 7. The first-order chi connectivity index (χ1) is 15.0. The number of hydrogen-bond donors (Lipinski definition) is 2. The number of para-hydroxylation sites is 2. The molecule has 0 saturated heterocycles. The standard InChI is InChI=1S/C23H24N4O4/c1-4-16-21(14-9-11-15(30-2)12-10-14)22-25-23(29)18(27(22)26-16)13-20(28)24-17-7-5-6-8-19(17)31-3/h5-12,18H,4,13H2,1-3H3,(H,24,28)(H,25,29). The molecule has 1 aliphatic rings. The molecule has 1 atom stereocenters. The molecule has 0 fully saturated rings. The van der Waals surface area contributed by atoms with Crippen molar-refractivity contribution in [1.82, 2.24) is 9.78 Å². The van der Waals surface area contributed by atoms with Crippen molar-refractivity contribution in [2.24, 2.45) is 0 Å². The predicted molar refractivity (Wildman–Crippen MR) is 118 cm³/mol. The fourth-order valence-electron chi connectivity index (χ4n) is 3.75. The van der Waals surface area contributed by atoms with Crippen LogP contribution in [0.1, 0.15) is 25.1 Å². The number of carbonyl (C=O) groups is 2. The molecule has 3 aromatic rings. The van der Waals surface area contributed by atoms with E-state index in [1.165, 1.54) is 0 Å². The maximum Gasteiger partial charge on any atom is 0.251 e. The zero-order valence-electron chi connectivity index (χ0n) is 17.6. The van der Waals surface area contributed by atoms with Crippen molar-refractivity contribution in [3.05, 3.63) is 54.2 Å². The minimum atomic E-state index is -0.720. The van der Waals surface area contributed by atoms with Gasteiger partial charge < -0.3 is 20.1 Å². The first-order valence-electron chi connectivity index (χ1n) is 10.0. The fourth-order valence-corrected chi connectivity index (χ4v) is 3.75. The Bertz CT molecular complexity index is 1120. The lowest BCUT2D eigenvalue weighted by atomic mass is 10.0. The Hall–Kier alpha value is -3.81. The molecule has 1 aliphatic heterocycles. The Morgan fingerprint density at radius 3 is 2.55 bits per heavy atom. The van der Waals surface area contributed by atoms with E-state index in [9.17, 15) is 9.59 Å². The molecule has 160 valence electrons. The second-order valence-electron chi connectivity index (χ2n) is 7.15. The molecule has 1 aromatic heterocycles. The van der Waals surface area contributed by atoms with Crippen LogP contribution in [0.15, 0.2) is 48.5 Å². The third-order valence-corrected chi connectivity index (χ3v) is 5.30. The van der Waals surface area contributed by atoms with E-state index < -0.39 is 6.04 Å². The molecule has 2 aromatic carbocycles. The van der Waals surface area contributed by atoms with Crippen molar-refractivity contribution in [3.63, 3.8) is 0 Å². The number of fused-ring (bicyclic) bond motifs is 1. The number of ether oxygens (including phenoxy) is 2. The number of amides is 2. The number of aryl methyl sites for hydroxylation is 1. The van der Waals surface area contributed by atoms with Gasteiger partial charge in [-0.2, -0.15) is 5.10 Å². The van der Waals surface area contributed by atoms with E-state index >= 15 is 0 Å². The predicted octanol–water partition coefficient (Wildman–Crippen LogP) is 3.65. The summed E-state index contributed by atoms with van der Waals surface area (Å²) < 4.78 is 12.1. The van der Waals surface area contributed by atoms with Gasteiger partial charge in [-0.25, -0.2) is 4.68 Å². The molecular formula is C23H24N4O4. The number of nitrogens with zero attached hydrogens (tertiary/aromatic N) is 2. The van der Waals surface area contributed by atoms with Crippen LogP contribution in [-0.4, -0.2) is 35.8 Å². The maximum atomic E-state index is 12.7. The average Bonchev–Trinajstić information content (AvgIpc) is 3.29. The molecule has 0 spiro atoms. The zero-order chi connectivity index (χ0) is 22.0. The normalized spacial score (nSPS) is 14.7. The highest BCUT2D eigenvalue weighted by atomic mass is 16.5. The monoisotopic (exact) mass is 420 g/mol. The number of aromatic nitrogens is 2. The molecule has 4 rings (SSSR count). The van der Waals surface area contributed by atoms with E-state index in [1.807, 2.05) is 37.3 Å². The van der Waals surface area contributed by atoms with Crippen molar-refractivity contribution < 1.29 is 19.1 Å². The summed E-state index contributed by atoms with van der Waals surface area (Å²) in [6, 6.07) is 14.0. The van der Waals surface area contributed by atoms with Crippen LogP contribution in [0.5, 0.6) is 11.5 Å². The van der Waals surface area contributed by atoms with Crippen molar-refractivity contribution in [2.45, 2.75) is 25.8 Å². The van der Waals surface area contributed by atoms with E-state index in [4.69, 9.17) is 9.47 Å². The lowest BCUT2D eigenvalue weighted by Crippen LogP contribution is -2.24. The van der Waals surface area contributed by atoms with Gasteiger partial charge in [0.2, 0.25) is 5.91 Å². The highest BCUT2D eigenvalue weighted by molar-refractivity contribution is 6.04. The summed E-state index contributed by atoms with van der Waals surface area (Å²) in [7, 11) is 3.16. The third-order valence-electron chi connectivity index (χ3n) is 5.30. The highest BCUT2D eigenvalue weighted by Crippen LogP contribution is 2.39. The molecule has 2 N–H and O–H groups in total. The summed E-state index contributed by atoms with van der Waals surface area (Å²) in [5, 5.41) is 10.4. The molecule has 0 saturated carbocycles. The summed E-state index contributed by atoms with van der Waals surface area (Å²) in [4.78, 5) is 25.4. The average molecular weight is 420 g/mol. The zero-order valence-corrected chi connectivity index (χ0v) is 17.6. The van der Waals surface area contributed by atoms with Crippen LogP contribution < -0.4 is 20.1 Å². The quantitative estimate of drug-likeness (QED) is 0.608. The van der Waals surface area contributed by atoms with E-state index in [2.05, 4.69) is 15.7 Å². The number of carbonyl (C=O) groups excluding carboxylic acids is 2. The summed E-state index contributed by atoms with van der Waals surface area (Å²) in [6.45, 7) is 2.01. The van der Waals surface area contributed by atoms with E-state index in [-0.39, 0.29) is 18.2 Å². The summed E-state index contributed by atoms with van der Waals surface area (Å²) in [5.74, 6) is 1.37. The van der Waals surface area contributed by atoms with Gasteiger partial charge in [0.25, 0.3) is 5.91 Å². The SMILES string of the molecule is CCc1nn2c(c1-c1ccc(OC)cc1)NC(=O)C2CC(=O)Nc1ccccc1OC. The van der Waals surface area contributed by atoms with Gasteiger partial charge in [0.1, 0.15) is 23.4 Å². The Morgan fingerprint density at radius 1 is 1.13 bits per heavy atom. The van der Waals surface area contributed by atoms with E-state index in [0.29, 0.717) is 23.7 Å². The van der Waals surface area contributed by atoms with Gasteiger partial charge in [0, 0.05) is 5.56 Å². The summed E-state index contributed by atoms with van der Waals surface area (Å²) >= 11 is 0. The first-order valence-corrected chi connectivity index (χ1v) is 10.0. The van der Waals surface area contributed by atoms with E-state index in [0.717, 1.165) is 22.6 Å². The second-order valence-corrected chi connectivity index (χ2v) is 7.15. The van der Waals surface area contributed by atoms with Crippen LogP contribution >= 0.6 is 0 Å². The smallest absolute Gasteiger partial charge is 0.251 e. The molecule has 2 heterocycles. The minimum absolute atomic E-state index is 0.0379. The first kappa shape index (κ1) is 20.5. The van der Waals surface area contributed by atoms with Crippen LogP contribution in [0.25, 0.3) is 11.1 Å². The van der Waals surface area contributed by atoms with Crippen LogP contribution in [-0.2, 0) is 16.0 Å². The highest BCUT2D eigenvalue weighted by Gasteiger charge is 2.36. The molecule has 0 aliphatic carbocycles. The topological polar surface area (TPSA) is 94.5 Å². The van der Waals surface area contributed by atoms with Gasteiger partial charge in [-0.3, -0.25) is 9.59 Å². The molecule has 0 radical (unpaired) electrons. The maximum absolute atomic E-state index is 12.7. The lowest BCUT2D eigenvalue weighted by Gasteiger charge is -2.12. The van der Waals surface area contributed by atoms with Crippen LogP contribution in [0.2, 0.25) is 0 Å². The molecule has 8 nitrogen and oxygen atoms in total. The number of methoxy groups -OCH3 is 2. The minimum Gasteiger partial charge on any atom is -0.497 e. The van der Waals surface area contributed by atoms with E-state index in [1.54, 1.807) is 37.1 Å². The van der Waals surface area contributed by atoms with Gasteiger partial charge in [0.05, 0.1) is 32.0 Å². The van der Waals surface area contributed by atoms with Crippen LogP contribution in [0.4, 0.5) is 11.5 Å².